The molecule has 0 aliphatic carbocycles. The van der Waals surface area contributed by atoms with Gasteiger partial charge in [0.05, 0.1) is 11.6 Å². The van der Waals surface area contributed by atoms with Gasteiger partial charge in [0, 0.05) is 32.1 Å². The molecule has 1 rings (SSSR count). The van der Waals surface area contributed by atoms with Crippen LogP contribution in [0.15, 0.2) is 18.2 Å². The third kappa shape index (κ3) is 4.21. The zero-order chi connectivity index (χ0) is 12.7. The molecule has 5 heteroatoms. The third-order valence-corrected chi connectivity index (χ3v) is 2.30. The van der Waals surface area contributed by atoms with Gasteiger partial charge in [-0.05, 0) is 18.2 Å². The second-order valence-electron chi connectivity index (χ2n) is 3.52. The van der Waals surface area contributed by atoms with E-state index < -0.39 is 0 Å². The molecule has 0 radical (unpaired) electrons. The first-order chi connectivity index (χ1) is 8.17. The molecule has 0 bridgehead atoms. The predicted molar refractivity (Wildman–Crippen MR) is 61.5 cm³/mol. The van der Waals surface area contributed by atoms with E-state index in [1.165, 1.54) is 18.2 Å². The molecule has 0 aromatic heterocycles. The van der Waals surface area contributed by atoms with Crippen molar-refractivity contribution in [2.45, 2.75) is 13.0 Å². The van der Waals surface area contributed by atoms with Crippen molar-refractivity contribution in [2.24, 2.45) is 0 Å². The van der Waals surface area contributed by atoms with E-state index in [-0.39, 0.29) is 11.7 Å². The van der Waals surface area contributed by atoms with Crippen LogP contribution in [-0.2, 0) is 11.3 Å². The molecule has 1 aromatic rings. The largest absolute Gasteiger partial charge is 0.359 e. The standard InChI is InChI=1S/C12H14FN3O/c1-15-12(17)4-5-16-8-10-6-9(7-14)2-3-11(10)13/h2-3,6,16H,4-5,8H2,1H3,(H,15,17). The van der Waals surface area contributed by atoms with Crippen molar-refractivity contribution in [1.29, 1.82) is 5.26 Å². The van der Waals surface area contributed by atoms with E-state index in [0.717, 1.165) is 0 Å². The van der Waals surface area contributed by atoms with Gasteiger partial charge in [0.1, 0.15) is 5.82 Å². The summed E-state index contributed by atoms with van der Waals surface area (Å²) in [5.74, 6) is -0.416. The van der Waals surface area contributed by atoms with Crippen LogP contribution in [-0.4, -0.2) is 19.5 Å². The van der Waals surface area contributed by atoms with Crippen molar-refractivity contribution in [3.8, 4) is 6.07 Å². The highest BCUT2D eigenvalue weighted by atomic mass is 19.1. The van der Waals surface area contributed by atoms with Crippen molar-refractivity contribution >= 4 is 5.91 Å². The fourth-order valence-electron chi connectivity index (χ4n) is 1.33. The number of carbonyl (C=O) groups is 1. The Morgan fingerprint density at radius 3 is 2.94 bits per heavy atom. The van der Waals surface area contributed by atoms with Crippen LogP contribution in [0.5, 0.6) is 0 Å². The first-order valence-electron chi connectivity index (χ1n) is 5.27. The molecule has 0 heterocycles. The Labute approximate surface area is 99.4 Å². The van der Waals surface area contributed by atoms with Crippen molar-refractivity contribution in [3.05, 3.63) is 35.1 Å². The van der Waals surface area contributed by atoms with E-state index in [2.05, 4.69) is 10.6 Å². The van der Waals surface area contributed by atoms with Gasteiger partial charge in [-0.15, -0.1) is 0 Å². The fraction of sp³-hybridized carbons (Fsp3) is 0.333. The number of rotatable bonds is 5. The number of hydrogen-bond acceptors (Lipinski definition) is 3. The van der Waals surface area contributed by atoms with Crippen LogP contribution in [0.1, 0.15) is 17.5 Å². The van der Waals surface area contributed by atoms with Crippen LogP contribution >= 0.6 is 0 Å². The van der Waals surface area contributed by atoms with Crippen molar-refractivity contribution in [3.63, 3.8) is 0 Å². The first-order valence-corrected chi connectivity index (χ1v) is 5.27. The fourth-order valence-corrected chi connectivity index (χ4v) is 1.33. The predicted octanol–water partition coefficient (Wildman–Crippen LogP) is 0.923. The molecule has 0 aliphatic heterocycles. The summed E-state index contributed by atoms with van der Waals surface area (Å²) in [6.07, 6.45) is 0.343. The molecule has 4 nitrogen and oxygen atoms in total. The summed E-state index contributed by atoms with van der Waals surface area (Å²) < 4.78 is 13.3. The summed E-state index contributed by atoms with van der Waals surface area (Å²) in [5.41, 5.74) is 0.857. The molecule has 0 aliphatic rings. The molecular formula is C12H14FN3O. The lowest BCUT2D eigenvalue weighted by Gasteiger charge is -2.06. The third-order valence-electron chi connectivity index (χ3n) is 2.30. The van der Waals surface area contributed by atoms with E-state index in [0.29, 0.717) is 30.6 Å². The Bertz CT molecular complexity index is 440. The second kappa shape index (κ2) is 6.61. The molecule has 0 atom stereocenters. The number of benzene rings is 1. The lowest BCUT2D eigenvalue weighted by molar-refractivity contribution is -0.120. The molecule has 0 fully saturated rings. The maximum absolute atomic E-state index is 13.3. The Kier molecular flexibility index (Phi) is 5.11. The Morgan fingerprint density at radius 2 is 2.29 bits per heavy atom. The van der Waals surface area contributed by atoms with Crippen LogP contribution in [0.3, 0.4) is 0 Å². The van der Waals surface area contributed by atoms with Crippen molar-refractivity contribution < 1.29 is 9.18 Å². The monoisotopic (exact) mass is 235 g/mol. The molecular weight excluding hydrogens is 221 g/mol. The van der Waals surface area contributed by atoms with Gasteiger partial charge < -0.3 is 10.6 Å². The zero-order valence-corrected chi connectivity index (χ0v) is 9.59. The van der Waals surface area contributed by atoms with E-state index in [1.807, 2.05) is 6.07 Å². The summed E-state index contributed by atoms with van der Waals surface area (Å²) in [6, 6.07) is 6.16. The van der Waals surface area contributed by atoms with Gasteiger partial charge in [0.15, 0.2) is 0 Å². The number of nitrogens with one attached hydrogen (secondary N) is 2. The topological polar surface area (TPSA) is 64.9 Å². The van der Waals surface area contributed by atoms with Gasteiger partial charge in [-0.3, -0.25) is 4.79 Å². The van der Waals surface area contributed by atoms with Crippen LogP contribution in [0, 0.1) is 17.1 Å². The maximum atomic E-state index is 13.3. The number of amides is 1. The highest BCUT2D eigenvalue weighted by Crippen LogP contribution is 2.09. The van der Waals surface area contributed by atoms with Crippen LogP contribution < -0.4 is 10.6 Å². The van der Waals surface area contributed by atoms with Crippen LogP contribution in [0.25, 0.3) is 0 Å². The highest BCUT2D eigenvalue weighted by molar-refractivity contribution is 5.75. The summed E-state index contributed by atoms with van der Waals surface area (Å²) in [7, 11) is 1.57. The first kappa shape index (κ1) is 13.1. The maximum Gasteiger partial charge on any atom is 0.221 e. The summed E-state index contributed by atoms with van der Waals surface area (Å²) >= 11 is 0. The summed E-state index contributed by atoms with van der Waals surface area (Å²) in [4.78, 5) is 10.9. The molecule has 1 aromatic carbocycles. The smallest absolute Gasteiger partial charge is 0.221 e. The second-order valence-corrected chi connectivity index (χ2v) is 3.52. The molecule has 0 unspecified atom stereocenters. The quantitative estimate of drug-likeness (QED) is 0.746. The average molecular weight is 235 g/mol. The summed E-state index contributed by atoms with van der Waals surface area (Å²) in [5, 5.41) is 14.1. The summed E-state index contributed by atoms with van der Waals surface area (Å²) in [6.45, 7) is 0.772. The van der Waals surface area contributed by atoms with Crippen LogP contribution in [0.4, 0.5) is 4.39 Å². The highest BCUT2D eigenvalue weighted by Gasteiger charge is 2.03. The van der Waals surface area contributed by atoms with Gasteiger partial charge in [0.2, 0.25) is 5.91 Å². The molecule has 0 saturated heterocycles. The van der Waals surface area contributed by atoms with E-state index >= 15 is 0 Å². The van der Waals surface area contributed by atoms with E-state index in [1.54, 1.807) is 7.05 Å². The number of nitrogens with zero attached hydrogens (tertiary/aromatic N) is 1. The zero-order valence-electron chi connectivity index (χ0n) is 9.59. The van der Waals surface area contributed by atoms with Gasteiger partial charge in [-0.2, -0.15) is 5.26 Å². The van der Waals surface area contributed by atoms with E-state index in [4.69, 9.17) is 5.26 Å². The molecule has 90 valence electrons. The Morgan fingerprint density at radius 1 is 1.53 bits per heavy atom. The average Bonchev–Trinajstić information content (AvgIpc) is 2.36. The lowest BCUT2D eigenvalue weighted by Crippen LogP contribution is -2.24. The van der Waals surface area contributed by atoms with Gasteiger partial charge >= 0.3 is 0 Å². The molecule has 17 heavy (non-hydrogen) atoms. The number of nitriles is 1. The molecule has 0 saturated carbocycles. The Hall–Kier alpha value is -1.93. The van der Waals surface area contributed by atoms with Crippen LogP contribution in [0.2, 0.25) is 0 Å². The van der Waals surface area contributed by atoms with Crippen molar-refractivity contribution in [2.75, 3.05) is 13.6 Å². The number of carbonyl (C=O) groups excluding carboxylic acids is 1. The lowest BCUT2D eigenvalue weighted by atomic mass is 10.1. The van der Waals surface area contributed by atoms with E-state index in [9.17, 15) is 9.18 Å². The number of halogens is 1. The number of hydrogen-bond donors (Lipinski definition) is 2. The van der Waals surface area contributed by atoms with Gasteiger partial charge in [-0.1, -0.05) is 0 Å². The normalized spacial score (nSPS) is 9.71. The minimum atomic E-state index is -0.351. The minimum Gasteiger partial charge on any atom is -0.359 e. The molecule has 1 amide bonds. The van der Waals surface area contributed by atoms with Crippen molar-refractivity contribution in [1.82, 2.24) is 10.6 Å². The van der Waals surface area contributed by atoms with Gasteiger partial charge in [0.25, 0.3) is 0 Å². The molecule has 0 spiro atoms. The van der Waals surface area contributed by atoms with Gasteiger partial charge in [-0.25, -0.2) is 4.39 Å². The molecule has 2 N–H and O–H groups in total. The minimum absolute atomic E-state index is 0.0660. The Balaban J connectivity index is 2.46. The SMILES string of the molecule is CNC(=O)CCNCc1cc(C#N)ccc1F.